The summed E-state index contributed by atoms with van der Waals surface area (Å²) in [5.41, 5.74) is 0.799. The van der Waals surface area contributed by atoms with E-state index < -0.39 is 0 Å². The number of nitrogens with zero attached hydrogens (tertiary/aromatic N) is 1. The van der Waals surface area contributed by atoms with E-state index in [0.717, 1.165) is 30.2 Å². The van der Waals surface area contributed by atoms with E-state index in [1.807, 2.05) is 26.0 Å². The summed E-state index contributed by atoms with van der Waals surface area (Å²) in [5.74, 6) is 1.05. The number of imide groups is 1. The van der Waals surface area contributed by atoms with Crippen molar-refractivity contribution in [3.63, 3.8) is 0 Å². The number of ether oxygens (including phenoxy) is 2. The fraction of sp³-hybridized carbons (Fsp3) is 0.412. The van der Waals surface area contributed by atoms with E-state index in [2.05, 4.69) is 0 Å². The molecule has 2 amide bonds. The molecular formula is C17H21NO4S. The highest BCUT2D eigenvalue weighted by atomic mass is 32.2. The molecule has 2 rings (SSSR count). The predicted molar refractivity (Wildman–Crippen MR) is 91.7 cm³/mol. The van der Waals surface area contributed by atoms with Gasteiger partial charge in [-0.1, -0.05) is 19.9 Å². The molecule has 0 bridgehead atoms. The molecule has 0 spiro atoms. The fourth-order valence-corrected chi connectivity index (χ4v) is 3.04. The summed E-state index contributed by atoms with van der Waals surface area (Å²) in [4.78, 5) is 25.8. The number of carbonyl (C=O) groups is 2. The van der Waals surface area contributed by atoms with Gasteiger partial charge in [0.15, 0.2) is 11.5 Å². The summed E-state index contributed by atoms with van der Waals surface area (Å²) in [6.07, 6.45) is 3.38. The van der Waals surface area contributed by atoms with Crippen LogP contribution in [0.3, 0.4) is 0 Å². The summed E-state index contributed by atoms with van der Waals surface area (Å²) >= 11 is 0.975. The summed E-state index contributed by atoms with van der Waals surface area (Å²) in [5, 5.41) is -0.210. The molecule has 1 aromatic rings. The number of methoxy groups -OCH3 is 1. The Labute approximate surface area is 140 Å². The maximum atomic E-state index is 12.2. The van der Waals surface area contributed by atoms with Crippen molar-refractivity contribution in [2.75, 3.05) is 20.3 Å². The van der Waals surface area contributed by atoms with E-state index >= 15 is 0 Å². The molecule has 1 heterocycles. The van der Waals surface area contributed by atoms with Gasteiger partial charge in [-0.05, 0) is 48.4 Å². The molecule has 0 saturated carbocycles. The van der Waals surface area contributed by atoms with Crippen LogP contribution in [0.5, 0.6) is 11.5 Å². The maximum Gasteiger partial charge on any atom is 0.293 e. The highest BCUT2D eigenvalue weighted by molar-refractivity contribution is 8.18. The number of hydrogen-bond donors (Lipinski definition) is 0. The van der Waals surface area contributed by atoms with E-state index in [4.69, 9.17) is 9.47 Å². The molecule has 1 fully saturated rings. The van der Waals surface area contributed by atoms with E-state index in [0.29, 0.717) is 29.6 Å². The molecule has 0 aliphatic carbocycles. The van der Waals surface area contributed by atoms with Crippen LogP contribution < -0.4 is 9.47 Å². The lowest BCUT2D eigenvalue weighted by atomic mass is 10.2. The third kappa shape index (κ3) is 4.07. The Morgan fingerprint density at radius 3 is 2.61 bits per heavy atom. The Kier molecular flexibility index (Phi) is 6.10. The first-order valence-electron chi connectivity index (χ1n) is 7.66. The van der Waals surface area contributed by atoms with Crippen molar-refractivity contribution in [2.24, 2.45) is 0 Å². The standard InChI is InChI=1S/C17H21NO4S/c1-4-8-18-16(19)15(23-17(18)20)11-12-6-7-13(22-9-5-2)14(10-12)21-3/h6-7,10-11H,4-5,8-9H2,1-3H3/b15-11-. The van der Waals surface area contributed by atoms with Gasteiger partial charge in [0.25, 0.3) is 11.1 Å². The highest BCUT2D eigenvalue weighted by Crippen LogP contribution is 2.34. The second-order valence-corrected chi connectivity index (χ2v) is 6.09. The second-order valence-electron chi connectivity index (χ2n) is 5.09. The SMILES string of the molecule is CCCOc1ccc(/C=C2\SC(=O)N(CCC)C2=O)cc1OC. The Morgan fingerprint density at radius 1 is 1.17 bits per heavy atom. The molecule has 0 radical (unpaired) electrons. The maximum absolute atomic E-state index is 12.2. The Hall–Kier alpha value is -1.95. The topological polar surface area (TPSA) is 55.8 Å². The molecule has 0 aromatic heterocycles. The summed E-state index contributed by atoms with van der Waals surface area (Å²) in [6.45, 7) is 5.04. The molecule has 1 aromatic carbocycles. The van der Waals surface area contributed by atoms with E-state index in [-0.39, 0.29) is 11.1 Å². The minimum atomic E-state index is -0.230. The van der Waals surface area contributed by atoms with Crippen LogP contribution in [0.4, 0.5) is 4.79 Å². The van der Waals surface area contributed by atoms with Gasteiger partial charge in [-0.3, -0.25) is 14.5 Å². The molecule has 5 nitrogen and oxygen atoms in total. The third-order valence-corrected chi connectivity index (χ3v) is 4.18. The minimum absolute atomic E-state index is 0.210. The molecule has 0 N–H and O–H groups in total. The van der Waals surface area contributed by atoms with Gasteiger partial charge < -0.3 is 9.47 Å². The van der Waals surface area contributed by atoms with E-state index in [1.54, 1.807) is 19.3 Å². The average molecular weight is 335 g/mol. The molecule has 1 aliphatic heterocycles. The number of rotatable bonds is 7. The van der Waals surface area contributed by atoms with E-state index in [1.165, 1.54) is 4.90 Å². The second kappa shape index (κ2) is 8.06. The van der Waals surface area contributed by atoms with Gasteiger partial charge in [-0.15, -0.1) is 0 Å². The van der Waals surface area contributed by atoms with Gasteiger partial charge in [-0.25, -0.2) is 0 Å². The van der Waals surface area contributed by atoms with Gasteiger partial charge in [0.2, 0.25) is 0 Å². The third-order valence-electron chi connectivity index (χ3n) is 3.27. The van der Waals surface area contributed by atoms with Gasteiger partial charge in [0.1, 0.15) is 0 Å². The lowest BCUT2D eigenvalue weighted by Crippen LogP contribution is -2.28. The molecule has 23 heavy (non-hydrogen) atoms. The van der Waals surface area contributed by atoms with Gasteiger partial charge in [0.05, 0.1) is 18.6 Å². The van der Waals surface area contributed by atoms with Crippen molar-refractivity contribution in [1.29, 1.82) is 0 Å². The van der Waals surface area contributed by atoms with Crippen LogP contribution in [0.1, 0.15) is 32.3 Å². The zero-order chi connectivity index (χ0) is 16.8. The van der Waals surface area contributed by atoms with Crippen LogP contribution in [-0.4, -0.2) is 36.3 Å². The Bertz CT molecular complexity index is 627. The lowest BCUT2D eigenvalue weighted by molar-refractivity contribution is -0.122. The van der Waals surface area contributed by atoms with Gasteiger partial charge in [0, 0.05) is 6.54 Å². The first kappa shape index (κ1) is 17.4. The molecule has 0 unspecified atom stereocenters. The van der Waals surface area contributed by atoms with Crippen LogP contribution in [0.25, 0.3) is 6.08 Å². The summed E-state index contributed by atoms with van der Waals surface area (Å²) < 4.78 is 10.9. The number of benzene rings is 1. The van der Waals surface area contributed by atoms with Crippen LogP contribution in [0.15, 0.2) is 23.1 Å². The molecule has 1 saturated heterocycles. The summed E-state index contributed by atoms with van der Waals surface area (Å²) in [7, 11) is 1.58. The van der Waals surface area contributed by atoms with Crippen molar-refractivity contribution in [2.45, 2.75) is 26.7 Å². The van der Waals surface area contributed by atoms with Gasteiger partial charge >= 0.3 is 0 Å². The van der Waals surface area contributed by atoms with Crippen molar-refractivity contribution < 1.29 is 19.1 Å². The quantitative estimate of drug-likeness (QED) is 0.707. The van der Waals surface area contributed by atoms with E-state index in [9.17, 15) is 9.59 Å². The molecule has 0 atom stereocenters. The van der Waals surface area contributed by atoms with Crippen molar-refractivity contribution in [3.05, 3.63) is 28.7 Å². The highest BCUT2D eigenvalue weighted by Gasteiger charge is 2.34. The zero-order valence-corrected chi connectivity index (χ0v) is 14.4. The minimum Gasteiger partial charge on any atom is -0.493 e. The first-order valence-corrected chi connectivity index (χ1v) is 8.48. The molecular weight excluding hydrogens is 314 g/mol. The molecule has 1 aliphatic rings. The Balaban J connectivity index is 2.22. The van der Waals surface area contributed by atoms with Crippen LogP contribution >= 0.6 is 11.8 Å². The lowest BCUT2D eigenvalue weighted by Gasteiger charge is -2.11. The molecule has 6 heteroatoms. The van der Waals surface area contributed by atoms with Crippen LogP contribution in [-0.2, 0) is 4.79 Å². The number of thioether (sulfide) groups is 1. The van der Waals surface area contributed by atoms with Crippen LogP contribution in [0.2, 0.25) is 0 Å². The number of amides is 2. The number of hydrogen-bond acceptors (Lipinski definition) is 5. The monoisotopic (exact) mass is 335 g/mol. The zero-order valence-electron chi connectivity index (χ0n) is 13.6. The van der Waals surface area contributed by atoms with Gasteiger partial charge in [-0.2, -0.15) is 0 Å². The average Bonchev–Trinajstić information content (AvgIpc) is 2.81. The largest absolute Gasteiger partial charge is 0.493 e. The first-order chi connectivity index (χ1) is 11.1. The Morgan fingerprint density at radius 2 is 1.96 bits per heavy atom. The smallest absolute Gasteiger partial charge is 0.293 e. The normalized spacial score (nSPS) is 16.3. The fourth-order valence-electron chi connectivity index (χ4n) is 2.17. The van der Waals surface area contributed by atoms with Crippen molar-refractivity contribution >= 4 is 29.0 Å². The summed E-state index contributed by atoms with van der Waals surface area (Å²) in [6, 6.07) is 5.47. The predicted octanol–water partition coefficient (Wildman–Crippen LogP) is 3.93. The molecule has 124 valence electrons. The van der Waals surface area contributed by atoms with Crippen LogP contribution in [0, 0.1) is 0 Å². The van der Waals surface area contributed by atoms with Crippen molar-refractivity contribution in [3.8, 4) is 11.5 Å². The number of carbonyl (C=O) groups excluding carboxylic acids is 2. The van der Waals surface area contributed by atoms with Crippen molar-refractivity contribution in [1.82, 2.24) is 4.90 Å².